The van der Waals surface area contributed by atoms with E-state index in [0.717, 1.165) is 38.5 Å². The van der Waals surface area contributed by atoms with Crippen molar-refractivity contribution in [2.75, 3.05) is 25.1 Å². The van der Waals surface area contributed by atoms with Gasteiger partial charge in [-0.15, -0.1) is 0 Å². The van der Waals surface area contributed by atoms with Crippen LogP contribution in [0, 0.1) is 16.0 Å². The number of rotatable bonds is 10. The minimum atomic E-state index is -0.553. The molecule has 1 aromatic rings. The van der Waals surface area contributed by atoms with Gasteiger partial charge in [0.05, 0.1) is 30.1 Å². The Morgan fingerprint density at radius 1 is 1.16 bits per heavy atom. The van der Waals surface area contributed by atoms with Crippen molar-refractivity contribution in [3.8, 4) is 11.5 Å². The van der Waals surface area contributed by atoms with Gasteiger partial charge in [0.15, 0.2) is 11.5 Å². The number of ether oxygens (including phenoxy) is 2. The molecule has 1 saturated carbocycles. The van der Waals surface area contributed by atoms with Crippen molar-refractivity contribution in [1.82, 2.24) is 4.90 Å². The summed E-state index contributed by atoms with van der Waals surface area (Å²) < 4.78 is 11.3. The van der Waals surface area contributed by atoms with E-state index in [1.807, 2.05) is 18.7 Å². The molecule has 1 aliphatic carbocycles. The third kappa shape index (κ3) is 5.45. The lowest BCUT2D eigenvalue weighted by Gasteiger charge is -2.23. The van der Waals surface area contributed by atoms with Crippen LogP contribution in [0.4, 0.5) is 11.4 Å². The SMILES string of the molecule is CCCOc1cc(NC(=O)C2CC(=O)N(C3CCCC3)C2)c([N+](=O)[O-])cc1OCCC. The maximum Gasteiger partial charge on any atom is 0.296 e. The average molecular weight is 434 g/mol. The van der Waals surface area contributed by atoms with E-state index in [0.29, 0.717) is 25.5 Å². The van der Waals surface area contributed by atoms with E-state index < -0.39 is 10.8 Å². The molecule has 0 bridgehead atoms. The summed E-state index contributed by atoms with van der Waals surface area (Å²) in [5.41, 5.74) is -0.211. The zero-order valence-electron chi connectivity index (χ0n) is 18.2. The summed E-state index contributed by atoms with van der Waals surface area (Å²) >= 11 is 0. The fraction of sp³-hybridized carbons (Fsp3) is 0.636. The van der Waals surface area contributed by atoms with Crippen LogP contribution in [0.5, 0.6) is 11.5 Å². The van der Waals surface area contributed by atoms with Crippen LogP contribution in [0.25, 0.3) is 0 Å². The Hall–Kier alpha value is -2.84. The smallest absolute Gasteiger partial charge is 0.296 e. The molecule has 0 radical (unpaired) electrons. The van der Waals surface area contributed by atoms with Crippen LogP contribution < -0.4 is 14.8 Å². The molecular formula is C22H31N3O6. The maximum absolute atomic E-state index is 12.9. The molecule has 1 N–H and O–H groups in total. The third-order valence-electron chi connectivity index (χ3n) is 5.73. The summed E-state index contributed by atoms with van der Waals surface area (Å²) in [6.07, 6.45) is 5.79. The van der Waals surface area contributed by atoms with E-state index >= 15 is 0 Å². The van der Waals surface area contributed by atoms with Crippen molar-refractivity contribution < 1.29 is 24.0 Å². The molecule has 2 fully saturated rings. The molecule has 1 heterocycles. The number of nitro groups is 1. The van der Waals surface area contributed by atoms with Crippen molar-refractivity contribution in [2.24, 2.45) is 5.92 Å². The number of nitro benzene ring substituents is 1. The number of hydrogen-bond acceptors (Lipinski definition) is 6. The molecule has 1 aliphatic heterocycles. The lowest BCUT2D eigenvalue weighted by atomic mass is 10.1. The second-order valence-corrected chi connectivity index (χ2v) is 8.14. The van der Waals surface area contributed by atoms with Crippen LogP contribution in [0.2, 0.25) is 0 Å². The summed E-state index contributed by atoms with van der Waals surface area (Å²) in [5, 5.41) is 14.3. The van der Waals surface area contributed by atoms with Crippen LogP contribution in [-0.2, 0) is 9.59 Å². The Bertz CT molecular complexity index is 822. The van der Waals surface area contributed by atoms with Gasteiger partial charge in [-0.3, -0.25) is 19.7 Å². The second-order valence-electron chi connectivity index (χ2n) is 8.14. The predicted molar refractivity (Wildman–Crippen MR) is 115 cm³/mol. The van der Waals surface area contributed by atoms with Crippen molar-refractivity contribution in [3.63, 3.8) is 0 Å². The van der Waals surface area contributed by atoms with Gasteiger partial charge in [-0.1, -0.05) is 26.7 Å². The number of likely N-dealkylation sites (tertiary alicyclic amines) is 1. The number of nitrogens with zero attached hydrogens (tertiary/aromatic N) is 2. The first kappa shape index (κ1) is 22.8. The summed E-state index contributed by atoms with van der Waals surface area (Å²) in [6.45, 7) is 5.06. The normalized spacial score (nSPS) is 19.0. The zero-order chi connectivity index (χ0) is 22.4. The van der Waals surface area contributed by atoms with E-state index in [1.54, 1.807) is 0 Å². The fourth-order valence-electron chi connectivity index (χ4n) is 4.16. The predicted octanol–water partition coefficient (Wildman–Crippen LogP) is 3.90. The summed E-state index contributed by atoms with van der Waals surface area (Å²) in [6, 6.07) is 2.95. The highest BCUT2D eigenvalue weighted by Crippen LogP contribution is 2.39. The number of hydrogen-bond donors (Lipinski definition) is 1. The molecule has 1 saturated heterocycles. The zero-order valence-corrected chi connectivity index (χ0v) is 18.2. The lowest BCUT2D eigenvalue weighted by Crippen LogP contribution is -2.35. The van der Waals surface area contributed by atoms with E-state index in [2.05, 4.69) is 5.32 Å². The highest BCUT2D eigenvalue weighted by Gasteiger charge is 2.39. The molecule has 1 aromatic carbocycles. The molecular weight excluding hydrogens is 402 g/mol. The minimum Gasteiger partial charge on any atom is -0.490 e. The van der Waals surface area contributed by atoms with Crippen molar-refractivity contribution in [2.45, 2.75) is 64.8 Å². The molecule has 31 heavy (non-hydrogen) atoms. The molecule has 2 aliphatic rings. The van der Waals surface area contributed by atoms with Crippen LogP contribution in [-0.4, -0.2) is 47.4 Å². The number of carbonyl (C=O) groups excluding carboxylic acids is 2. The lowest BCUT2D eigenvalue weighted by molar-refractivity contribution is -0.384. The van der Waals surface area contributed by atoms with Gasteiger partial charge in [0.2, 0.25) is 11.8 Å². The highest BCUT2D eigenvalue weighted by atomic mass is 16.6. The number of nitrogens with one attached hydrogen (secondary N) is 1. The Morgan fingerprint density at radius 3 is 2.35 bits per heavy atom. The molecule has 9 nitrogen and oxygen atoms in total. The second kappa shape index (κ2) is 10.5. The average Bonchev–Trinajstić information content (AvgIpc) is 3.40. The Kier molecular flexibility index (Phi) is 7.70. The first-order chi connectivity index (χ1) is 14.9. The molecule has 9 heteroatoms. The van der Waals surface area contributed by atoms with Crippen LogP contribution in [0.15, 0.2) is 12.1 Å². The van der Waals surface area contributed by atoms with Gasteiger partial charge >= 0.3 is 0 Å². The Morgan fingerprint density at radius 2 is 1.77 bits per heavy atom. The molecule has 3 rings (SSSR count). The molecule has 2 amide bonds. The van der Waals surface area contributed by atoms with E-state index in [4.69, 9.17) is 9.47 Å². The standard InChI is InChI=1S/C22H31N3O6/c1-3-9-30-19-12-17(18(25(28)29)13-20(19)31-10-4-2)23-22(27)15-11-21(26)24(14-15)16-7-5-6-8-16/h12-13,15-16H,3-11,14H2,1-2H3,(H,23,27). The maximum atomic E-state index is 12.9. The van der Waals surface area contributed by atoms with Crippen LogP contribution in [0.1, 0.15) is 58.8 Å². The molecule has 0 spiro atoms. The van der Waals surface area contributed by atoms with Gasteiger partial charge < -0.3 is 19.7 Å². The van der Waals surface area contributed by atoms with Gasteiger partial charge in [0, 0.05) is 25.1 Å². The highest BCUT2D eigenvalue weighted by molar-refractivity contribution is 5.99. The van der Waals surface area contributed by atoms with Gasteiger partial charge in [0.25, 0.3) is 5.69 Å². The first-order valence-corrected chi connectivity index (χ1v) is 11.1. The number of benzene rings is 1. The summed E-state index contributed by atoms with van der Waals surface area (Å²) in [5.74, 6) is -0.295. The van der Waals surface area contributed by atoms with Crippen molar-refractivity contribution >= 4 is 23.2 Å². The monoisotopic (exact) mass is 433 g/mol. The van der Waals surface area contributed by atoms with Crippen LogP contribution >= 0.6 is 0 Å². The largest absolute Gasteiger partial charge is 0.490 e. The third-order valence-corrected chi connectivity index (χ3v) is 5.73. The Balaban J connectivity index is 1.79. The van der Waals surface area contributed by atoms with Crippen LogP contribution in [0.3, 0.4) is 0 Å². The van der Waals surface area contributed by atoms with Crippen molar-refractivity contribution in [1.29, 1.82) is 0 Å². The van der Waals surface area contributed by atoms with Gasteiger partial charge in [-0.25, -0.2) is 0 Å². The van der Waals surface area contributed by atoms with Gasteiger partial charge in [-0.05, 0) is 25.7 Å². The van der Waals surface area contributed by atoms with E-state index in [9.17, 15) is 19.7 Å². The molecule has 170 valence electrons. The number of carbonyl (C=O) groups is 2. The fourth-order valence-corrected chi connectivity index (χ4v) is 4.16. The summed E-state index contributed by atoms with van der Waals surface area (Å²) in [7, 11) is 0. The van der Waals surface area contributed by atoms with E-state index in [-0.39, 0.29) is 41.4 Å². The number of anilines is 1. The molecule has 0 aromatic heterocycles. The topological polar surface area (TPSA) is 111 Å². The first-order valence-electron chi connectivity index (χ1n) is 11.1. The molecule has 1 atom stereocenters. The number of amides is 2. The van der Waals surface area contributed by atoms with Gasteiger partial charge in [-0.2, -0.15) is 0 Å². The van der Waals surface area contributed by atoms with Gasteiger partial charge in [0.1, 0.15) is 5.69 Å². The quantitative estimate of drug-likeness (QED) is 0.442. The van der Waals surface area contributed by atoms with E-state index in [1.165, 1.54) is 12.1 Å². The minimum absolute atomic E-state index is 0.0168. The molecule has 1 unspecified atom stereocenters. The summed E-state index contributed by atoms with van der Waals surface area (Å²) in [4.78, 5) is 38.2. The Labute approximate surface area is 182 Å². The van der Waals surface area contributed by atoms with Crippen molar-refractivity contribution in [3.05, 3.63) is 22.2 Å².